The van der Waals surface area contributed by atoms with Crippen molar-refractivity contribution in [2.45, 2.75) is 63.9 Å². The van der Waals surface area contributed by atoms with E-state index in [1.807, 2.05) is 0 Å². The largest absolute Gasteiger partial charge is 0.465 e. The van der Waals surface area contributed by atoms with Crippen molar-refractivity contribution < 1.29 is 14.3 Å². The van der Waals surface area contributed by atoms with Crippen LogP contribution in [-0.4, -0.2) is 31.7 Å². The van der Waals surface area contributed by atoms with Crippen LogP contribution in [0.25, 0.3) is 0 Å². The molecule has 0 atom stereocenters. The van der Waals surface area contributed by atoms with Crippen LogP contribution in [0, 0.1) is 0 Å². The molecule has 1 saturated carbocycles. The number of carboxylic acid groups (broad SMARTS) is 1. The van der Waals surface area contributed by atoms with Crippen LogP contribution in [0.4, 0.5) is 4.79 Å². The van der Waals surface area contributed by atoms with E-state index < -0.39 is 14.4 Å². The minimum Gasteiger partial charge on any atom is -0.465 e. The minimum absolute atomic E-state index is 0.0901. The van der Waals surface area contributed by atoms with Crippen molar-refractivity contribution in [3.63, 3.8) is 0 Å². The molecule has 16 heavy (non-hydrogen) atoms. The molecule has 0 aromatic carbocycles. The summed E-state index contributed by atoms with van der Waals surface area (Å²) in [5, 5.41) is 11.3. The number of hydrogen-bond acceptors (Lipinski definition) is 2. The highest BCUT2D eigenvalue weighted by molar-refractivity contribution is 6.74. The van der Waals surface area contributed by atoms with Crippen molar-refractivity contribution in [3.05, 3.63) is 0 Å². The summed E-state index contributed by atoms with van der Waals surface area (Å²) in [6.45, 7) is 11.1. The molecule has 0 radical (unpaired) electrons. The van der Waals surface area contributed by atoms with Gasteiger partial charge in [-0.25, -0.2) is 4.79 Å². The minimum atomic E-state index is -1.68. The van der Waals surface area contributed by atoms with E-state index in [2.05, 4.69) is 39.2 Å². The predicted octanol–water partition coefficient (Wildman–Crippen LogP) is 2.81. The molecule has 0 unspecified atom stereocenters. The van der Waals surface area contributed by atoms with Gasteiger partial charge < -0.3 is 14.8 Å². The van der Waals surface area contributed by atoms with Gasteiger partial charge in [-0.15, -0.1) is 0 Å². The smallest absolute Gasteiger partial charge is 0.404 e. The van der Waals surface area contributed by atoms with Crippen LogP contribution in [0.1, 0.15) is 33.6 Å². The molecule has 4 nitrogen and oxygen atoms in total. The molecule has 2 N–H and O–H groups in total. The summed E-state index contributed by atoms with van der Waals surface area (Å²) in [6, 6.07) is 0.0901. The van der Waals surface area contributed by atoms with Crippen molar-refractivity contribution in [2.24, 2.45) is 0 Å². The Morgan fingerprint density at radius 1 is 1.38 bits per heavy atom. The van der Waals surface area contributed by atoms with Crippen LogP contribution in [0.3, 0.4) is 0 Å². The molecular formula is C11H23NO3Si. The van der Waals surface area contributed by atoms with E-state index >= 15 is 0 Å². The lowest BCUT2D eigenvalue weighted by molar-refractivity contribution is 0.0712. The topological polar surface area (TPSA) is 58.6 Å². The molecule has 0 aliphatic heterocycles. The summed E-state index contributed by atoms with van der Waals surface area (Å²) >= 11 is 0. The zero-order valence-electron chi connectivity index (χ0n) is 10.8. The normalized spacial score (nSPS) is 26.1. The first-order valence-corrected chi connectivity index (χ1v) is 8.70. The second-order valence-electron chi connectivity index (χ2n) is 6.12. The average molecular weight is 245 g/mol. The van der Waals surface area contributed by atoms with Gasteiger partial charge in [0.25, 0.3) is 0 Å². The van der Waals surface area contributed by atoms with Gasteiger partial charge >= 0.3 is 6.09 Å². The molecule has 0 spiro atoms. The molecule has 0 heterocycles. The van der Waals surface area contributed by atoms with E-state index in [-0.39, 0.29) is 17.2 Å². The van der Waals surface area contributed by atoms with Crippen LogP contribution in [0.2, 0.25) is 18.1 Å². The van der Waals surface area contributed by atoms with Gasteiger partial charge in [0.1, 0.15) is 0 Å². The predicted molar refractivity (Wildman–Crippen MR) is 66.3 cm³/mol. The van der Waals surface area contributed by atoms with Crippen molar-refractivity contribution >= 4 is 14.4 Å². The Kier molecular flexibility index (Phi) is 3.69. The van der Waals surface area contributed by atoms with Gasteiger partial charge in [0.2, 0.25) is 0 Å². The summed E-state index contributed by atoms with van der Waals surface area (Å²) in [6.07, 6.45) is 0.950. The number of hydrogen-bond donors (Lipinski definition) is 2. The average Bonchev–Trinajstić information content (AvgIpc) is 1.96. The summed E-state index contributed by atoms with van der Waals surface area (Å²) in [5.74, 6) is 0. The fourth-order valence-corrected chi connectivity index (χ4v) is 2.93. The van der Waals surface area contributed by atoms with E-state index in [9.17, 15) is 4.79 Å². The molecule has 5 heteroatoms. The van der Waals surface area contributed by atoms with Gasteiger partial charge in [-0.05, 0) is 31.0 Å². The first-order chi connectivity index (χ1) is 7.12. The zero-order chi connectivity index (χ0) is 12.6. The highest BCUT2D eigenvalue weighted by Gasteiger charge is 2.42. The molecule has 0 aromatic rings. The molecular weight excluding hydrogens is 222 g/mol. The fraction of sp³-hybridized carbons (Fsp3) is 0.909. The number of carbonyl (C=O) groups is 1. The van der Waals surface area contributed by atoms with Gasteiger partial charge in [0.15, 0.2) is 8.32 Å². The second-order valence-corrected chi connectivity index (χ2v) is 10.9. The molecule has 94 valence electrons. The Balaban J connectivity index is 2.35. The zero-order valence-corrected chi connectivity index (χ0v) is 11.8. The van der Waals surface area contributed by atoms with E-state index in [1.165, 1.54) is 0 Å². The highest BCUT2D eigenvalue weighted by Crippen LogP contribution is 2.39. The van der Waals surface area contributed by atoms with Crippen LogP contribution in [0.15, 0.2) is 0 Å². The molecule has 0 aromatic heterocycles. The lowest BCUT2D eigenvalue weighted by atomic mass is 9.90. The van der Waals surface area contributed by atoms with Gasteiger partial charge in [-0.2, -0.15) is 0 Å². The molecule has 1 aliphatic rings. The summed E-state index contributed by atoms with van der Waals surface area (Å²) < 4.78 is 6.16. The standard InChI is InChI=1S/C11H23NO3Si/c1-11(2,3)16(4,5)15-9-6-8(7-9)12-10(13)14/h8-9,12H,6-7H2,1-5H3,(H,13,14). The molecule has 0 bridgehead atoms. The fourth-order valence-electron chi connectivity index (χ4n) is 1.55. The first-order valence-electron chi connectivity index (χ1n) is 5.79. The van der Waals surface area contributed by atoms with Crippen LogP contribution in [-0.2, 0) is 4.43 Å². The van der Waals surface area contributed by atoms with Crippen molar-refractivity contribution in [3.8, 4) is 0 Å². The quantitative estimate of drug-likeness (QED) is 0.752. The first kappa shape index (κ1) is 13.5. The van der Waals surface area contributed by atoms with Crippen molar-refractivity contribution in [2.75, 3.05) is 0 Å². The molecule has 1 rings (SSSR count). The maximum atomic E-state index is 10.4. The highest BCUT2D eigenvalue weighted by atomic mass is 28.4. The second kappa shape index (κ2) is 4.37. The van der Waals surface area contributed by atoms with Gasteiger partial charge in [0.05, 0.1) is 0 Å². The SMILES string of the molecule is CC(C)(C)[Si](C)(C)OC1CC(NC(=O)O)C1. The van der Waals surface area contributed by atoms with E-state index in [0.29, 0.717) is 0 Å². The third kappa shape index (κ3) is 3.22. The van der Waals surface area contributed by atoms with Crippen molar-refractivity contribution in [1.29, 1.82) is 0 Å². The Labute approximate surface area is 98.5 Å². The van der Waals surface area contributed by atoms with E-state index in [1.54, 1.807) is 0 Å². The molecule has 1 aliphatic carbocycles. The summed E-state index contributed by atoms with van der Waals surface area (Å²) in [5.41, 5.74) is 0. The molecule has 1 amide bonds. The van der Waals surface area contributed by atoms with Crippen LogP contribution in [0.5, 0.6) is 0 Å². The number of rotatable bonds is 3. The lowest BCUT2D eigenvalue weighted by Crippen LogP contribution is -2.53. The maximum Gasteiger partial charge on any atom is 0.404 e. The number of nitrogens with one attached hydrogen (secondary N) is 1. The van der Waals surface area contributed by atoms with Crippen LogP contribution >= 0.6 is 0 Å². The van der Waals surface area contributed by atoms with Gasteiger partial charge in [0, 0.05) is 12.1 Å². The Morgan fingerprint density at radius 2 is 1.88 bits per heavy atom. The molecule has 1 fully saturated rings. The summed E-state index contributed by atoms with van der Waals surface area (Å²) in [4.78, 5) is 10.4. The number of amides is 1. The maximum absolute atomic E-state index is 10.4. The third-order valence-electron chi connectivity index (χ3n) is 3.69. The monoisotopic (exact) mass is 245 g/mol. The summed E-state index contributed by atoms with van der Waals surface area (Å²) in [7, 11) is -1.68. The Bertz CT molecular complexity index is 267. The van der Waals surface area contributed by atoms with Gasteiger partial charge in [-0.3, -0.25) is 0 Å². The van der Waals surface area contributed by atoms with E-state index in [0.717, 1.165) is 12.8 Å². The molecule has 0 saturated heterocycles. The Hall–Kier alpha value is -0.553. The van der Waals surface area contributed by atoms with Crippen LogP contribution < -0.4 is 5.32 Å². The Morgan fingerprint density at radius 3 is 2.25 bits per heavy atom. The van der Waals surface area contributed by atoms with E-state index in [4.69, 9.17) is 9.53 Å². The van der Waals surface area contributed by atoms with Gasteiger partial charge in [-0.1, -0.05) is 20.8 Å². The van der Waals surface area contributed by atoms with Crippen molar-refractivity contribution in [1.82, 2.24) is 5.32 Å². The lowest BCUT2D eigenvalue weighted by Gasteiger charge is -2.44. The third-order valence-corrected chi connectivity index (χ3v) is 8.22.